The highest BCUT2D eigenvalue weighted by Gasteiger charge is 2.37. The van der Waals surface area contributed by atoms with Crippen molar-refractivity contribution in [2.24, 2.45) is 0 Å². The summed E-state index contributed by atoms with van der Waals surface area (Å²) in [4.78, 5) is 13.9. The fourth-order valence-electron chi connectivity index (χ4n) is 4.33. The van der Waals surface area contributed by atoms with E-state index in [1.165, 1.54) is 24.2 Å². The smallest absolute Gasteiger partial charge is 0.319 e. The van der Waals surface area contributed by atoms with E-state index in [0.29, 0.717) is 11.5 Å². The fraction of sp³-hybridized carbons (Fsp3) is 0.632. The highest BCUT2D eigenvalue weighted by Crippen LogP contribution is 2.46. The first kappa shape index (κ1) is 17.3. The first-order valence-corrected chi connectivity index (χ1v) is 9.56. The van der Waals surface area contributed by atoms with Gasteiger partial charge in [0.1, 0.15) is 0 Å². The summed E-state index contributed by atoms with van der Waals surface area (Å²) in [7, 11) is 3.74. The Morgan fingerprint density at radius 1 is 1.23 bits per heavy atom. The van der Waals surface area contributed by atoms with Crippen molar-refractivity contribution in [3.05, 3.63) is 17.2 Å². The van der Waals surface area contributed by atoms with E-state index < -0.39 is 0 Å². The van der Waals surface area contributed by atoms with Crippen LogP contribution < -0.4 is 29.7 Å². The van der Waals surface area contributed by atoms with Crippen LogP contribution in [0.25, 0.3) is 0 Å². The van der Waals surface area contributed by atoms with Gasteiger partial charge in [-0.25, -0.2) is 4.79 Å². The van der Waals surface area contributed by atoms with Gasteiger partial charge in [-0.15, -0.1) is 0 Å². The molecule has 2 aliphatic heterocycles. The van der Waals surface area contributed by atoms with Crippen LogP contribution >= 0.6 is 0 Å². The molecule has 1 aliphatic carbocycles. The van der Waals surface area contributed by atoms with Crippen LogP contribution in [0, 0.1) is 0 Å². The normalized spacial score (nSPS) is 24.7. The highest BCUT2D eigenvalue weighted by molar-refractivity contribution is 5.75. The maximum atomic E-state index is 12.6. The predicted molar refractivity (Wildman–Crippen MR) is 95.9 cm³/mol. The second kappa shape index (κ2) is 7.23. The number of carbonyl (C=O) groups excluding carboxylic acids is 1. The Bertz CT molecular complexity index is 688. The predicted octanol–water partition coefficient (Wildman–Crippen LogP) is 1.13. The van der Waals surface area contributed by atoms with Gasteiger partial charge in [-0.3, -0.25) is 5.32 Å². The lowest BCUT2D eigenvalue weighted by molar-refractivity contribution is -0.917. The molecular formula is C19H28N3O4+. The molecule has 142 valence electrons. The number of carbonyl (C=O) groups is 1. The Kier molecular flexibility index (Phi) is 4.80. The summed E-state index contributed by atoms with van der Waals surface area (Å²) in [5, 5.41) is 6.32. The van der Waals surface area contributed by atoms with Crippen LogP contribution in [-0.4, -0.2) is 39.6 Å². The Balaban J connectivity index is 1.58. The lowest BCUT2D eigenvalue weighted by Gasteiger charge is -2.33. The molecule has 1 aromatic carbocycles. The third kappa shape index (κ3) is 3.16. The van der Waals surface area contributed by atoms with Gasteiger partial charge >= 0.3 is 6.03 Å². The van der Waals surface area contributed by atoms with Crippen LogP contribution in [-0.2, 0) is 6.42 Å². The second-order valence-electron chi connectivity index (χ2n) is 7.45. The maximum Gasteiger partial charge on any atom is 0.319 e. The molecule has 1 fully saturated rings. The summed E-state index contributed by atoms with van der Waals surface area (Å²) in [6.07, 6.45) is 6.54. The van der Waals surface area contributed by atoms with Gasteiger partial charge in [-0.05, 0) is 24.5 Å². The van der Waals surface area contributed by atoms with Crippen molar-refractivity contribution in [3.8, 4) is 17.2 Å². The molecule has 0 bridgehead atoms. The van der Waals surface area contributed by atoms with E-state index in [0.717, 1.165) is 42.7 Å². The monoisotopic (exact) mass is 362 g/mol. The molecule has 7 nitrogen and oxygen atoms in total. The van der Waals surface area contributed by atoms with Crippen LogP contribution in [0.3, 0.4) is 0 Å². The molecule has 2 amide bonds. The first-order chi connectivity index (χ1) is 12.7. The van der Waals surface area contributed by atoms with Gasteiger partial charge in [0.2, 0.25) is 12.5 Å². The lowest BCUT2D eigenvalue weighted by Crippen LogP contribution is -3.12. The van der Waals surface area contributed by atoms with Crippen LogP contribution in [0.1, 0.15) is 49.4 Å². The fourth-order valence-corrected chi connectivity index (χ4v) is 4.33. The van der Waals surface area contributed by atoms with E-state index in [2.05, 4.69) is 17.7 Å². The third-order valence-corrected chi connectivity index (χ3v) is 5.73. The number of nitrogens with one attached hydrogen (secondary N) is 3. The molecule has 26 heavy (non-hydrogen) atoms. The average molecular weight is 362 g/mol. The molecule has 2 atom stereocenters. The van der Waals surface area contributed by atoms with E-state index >= 15 is 0 Å². The van der Waals surface area contributed by atoms with Gasteiger partial charge in [-0.1, -0.05) is 19.3 Å². The summed E-state index contributed by atoms with van der Waals surface area (Å²) in [6.45, 7) is 1.14. The van der Waals surface area contributed by atoms with Crippen LogP contribution in [0.4, 0.5) is 4.79 Å². The number of methoxy groups -OCH3 is 1. The number of benzene rings is 1. The van der Waals surface area contributed by atoms with Crippen molar-refractivity contribution in [2.75, 3.05) is 27.5 Å². The minimum absolute atomic E-state index is 0.103. The quantitative estimate of drug-likeness (QED) is 0.754. The van der Waals surface area contributed by atoms with Crippen molar-refractivity contribution in [1.82, 2.24) is 10.6 Å². The number of rotatable bonds is 3. The standard InChI is InChI=1S/C19H27N3O4/c1-22-9-8-12-10-14-16(26-11-25-14)17(24-2)15(12)18(22)21-19(23)20-13-6-4-3-5-7-13/h10,13,18H,3-9,11H2,1-2H3,(H2,20,21,23)/p+1/t18-/m0/s1. The minimum atomic E-state index is -0.174. The van der Waals surface area contributed by atoms with Crippen molar-refractivity contribution < 1.29 is 23.9 Å². The van der Waals surface area contributed by atoms with E-state index in [1.54, 1.807) is 7.11 Å². The number of hydrogen-bond donors (Lipinski definition) is 3. The molecule has 1 unspecified atom stereocenters. The number of hydrogen-bond acceptors (Lipinski definition) is 4. The summed E-state index contributed by atoms with van der Waals surface area (Å²) in [5.74, 6) is 2.04. The lowest BCUT2D eigenvalue weighted by atomic mass is 9.94. The van der Waals surface area contributed by atoms with E-state index in [9.17, 15) is 4.79 Å². The second-order valence-corrected chi connectivity index (χ2v) is 7.45. The molecule has 0 radical (unpaired) electrons. The maximum absolute atomic E-state index is 12.6. The Hall–Kier alpha value is -2.15. The number of fused-ring (bicyclic) bond motifs is 2. The molecule has 0 aromatic heterocycles. The summed E-state index contributed by atoms with van der Waals surface area (Å²) >= 11 is 0. The summed E-state index contributed by atoms with van der Waals surface area (Å²) in [6, 6.07) is 2.21. The van der Waals surface area contributed by atoms with E-state index in [4.69, 9.17) is 14.2 Å². The van der Waals surface area contributed by atoms with Crippen molar-refractivity contribution in [1.29, 1.82) is 0 Å². The number of ether oxygens (including phenoxy) is 3. The molecule has 2 heterocycles. The molecule has 1 saturated carbocycles. The van der Waals surface area contributed by atoms with E-state index in [-0.39, 0.29) is 25.0 Å². The topological polar surface area (TPSA) is 73.3 Å². The zero-order chi connectivity index (χ0) is 18.1. The summed E-state index contributed by atoms with van der Waals surface area (Å²) in [5.41, 5.74) is 2.15. The van der Waals surface area contributed by atoms with Gasteiger partial charge < -0.3 is 24.4 Å². The molecule has 0 saturated heterocycles. The molecule has 4 rings (SSSR count). The largest absolute Gasteiger partial charge is 0.492 e. The third-order valence-electron chi connectivity index (χ3n) is 5.73. The Morgan fingerprint density at radius 3 is 2.81 bits per heavy atom. The van der Waals surface area contributed by atoms with Crippen LogP contribution in [0.5, 0.6) is 17.2 Å². The number of quaternary nitrogens is 1. The Morgan fingerprint density at radius 2 is 2.04 bits per heavy atom. The van der Waals surface area contributed by atoms with Gasteiger partial charge in [0.05, 0.1) is 26.3 Å². The molecule has 3 N–H and O–H groups in total. The van der Waals surface area contributed by atoms with Gasteiger partial charge in [-0.2, -0.15) is 0 Å². The molecule has 7 heteroatoms. The Labute approximate surface area is 154 Å². The average Bonchev–Trinajstić information content (AvgIpc) is 3.11. The van der Waals surface area contributed by atoms with Gasteiger partial charge in [0.15, 0.2) is 17.7 Å². The molecule has 0 spiro atoms. The molecular weight excluding hydrogens is 334 g/mol. The number of urea groups is 1. The number of amides is 2. The summed E-state index contributed by atoms with van der Waals surface area (Å²) < 4.78 is 16.8. The van der Waals surface area contributed by atoms with Gasteiger partial charge in [0.25, 0.3) is 0 Å². The van der Waals surface area contributed by atoms with E-state index in [1.807, 2.05) is 6.07 Å². The minimum Gasteiger partial charge on any atom is -0.492 e. The van der Waals surface area contributed by atoms with Gasteiger partial charge in [0, 0.05) is 12.5 Å². The molecule has 1 aromatic rings. The van der Waals surface area contributed by atoms with Crippen molar-refractivity contribution >= 4 is 6.03 Å². The van der Waals surface area contributed by atoms with Crippen LogP contribution in [0.15, 0.2) is 6.07 Å². The SMILES string of the molecule is COc1c2c(cc3c1[C@@H](NC(=O)NC1CCCCC1)[NH+](C)CC3)OCO2. The number of likely N-dealkylation sites (N-methyl/N-ethyl adjacent to an activating group) is 1. The van der Waals surface area contributed by atoms with Crippen LogP contribution in [0.2, 0.25) is 0 Å². The molecule has 3 aliphatic rings. The first-order valence-electron chi connectivity index (χ1n) is 9.56. The van der Waals surface area contributed by atoms with Crippen molar-refractivity contribution in [2.45, 2.75) is 50.7 Å². The van der Waals surface area contributed by atoms with Crippen molar-refractivity contribution in [3.63, 3.8) is 0 Å². The zero-order valence-corrected chi connectivity index (χ0v) is 15.5. The zero-order valence-electron chi connectivity index (χ0n) is 15.5. The highest BCUT2D eigenvalue weighted by atomic mass is 16.7.